The normalized spacial score (nSPS) is 21.7. The highest BCUT2D eigenvalue weighted by Crippen LogP contribution is 2.26. The quantitative estimate of drug-likeness (QED) is 0.646. The molecule has 68 valence electrons. The van der Waals surface area contributed by atoms with E-state index in [2.05, 4.69) is 4.98 Å². The second-order valence-corrected chi connectivity index (χ2v) is 3.14. The Bertz CT molecular complexity index is 288. The zero-order valence-electron chi connectivity index (χ0n) is 7.27. The first-order valence-corrected chi connectivity index (χ1v) is 4.43. The predicted molar refractivity (Wildman–Crippen MR) is 47.6 cm³/mol. The van der Waals surface area contributed by atoms with E-state index in [-0.39, 0.29) is 6.10 Å². The zero-order chi connectivity index (χ0) is 9.10. The molecule has 0 saturated carbocycles. The fourth-order valence-electron chi connectivity index (χ4n) is 1.49. The monoisotopic (exact) mass is 177 g/mol. The van der Waals surface area contributed by atoms with Gasteiger partial charge in [-0.3, -0.25) is 9.78 Å². The number of hydrogen-bond acceptors (Lipinski definition) is 3. The first kappa shape index (κ1) is 8.38. The molecule has 1 unspecified atom stereocenters. The van der Waals surface area contributed by atoms with Crippen LogP contribution in [0, 0.1) is 0 Å². The van der Waals surface area contributed by atoms with Crippen LogP contribution in [0.3, 0.4) is 0 Å². The molecule has 1 atom stereocenters. The maximum atomic E-state index is 10.4. The van der Waals surface area contributed by atoms with Crippen LogP contribution in [0.2, 0.25) is 0 Å². The van der Waals surface area contributed by atoms with E-state index in [1.807, 2.05) is 6.07 Å². The van der Waals surface area contributed by atoms with E-state index < -0.39 is 0 Å². The lowest BCUT2D eigenvalue weighted by molar-refractivity contribution is 0.108. The lowest BCUT2D eigenvalue weighted by Gasteiger charge is -2.07. The topological polar surface area (TPSA) is 39.2 Å². The van der Waals surface area contributed by atoms with Gasteiger partial charge in [-0.25, -0.2) is 0 Å². The number of aromatic nitrogens is 1. The Morgan fingerprint density at radius 1 is 1.54 bits per heavy atom. The minimum atomic E-state index is 0.140. The van der Waals surface area contributed by atoms with Crippen LogP contribution >= 0.6 is 0 Å². The van der Waals surface area contributed by atoms with Gasteiger partial charge in [0.25, 0.3) is 0 Å². The fraction of sp³-hybridized carbons (Fsp3) is 0.400. The van der Waals surface area contributed by atoms with Crippen molar-refractivity contribution in [3.05, 3.63) is 29.6 Å². The first-order valence-electron chi connectivity index (χ1n) is 4.43. The maximum Gasteiger partial charge on any atom is 0.151 e. The molecule has 0 radical (unpaired) electrons. The predicted octanol–water partition coefficient (Wildman–Crippen LogP) is 1.75. The van der Waals surface area contributed by atoms with Crippen LogP contribution in [-0.4, -0.2) is 17.9 Å². The molecule has 2 rings (SSSR count). The molecular formula is C10H11NO2. The highest BCUT2D eigenvalue weighted by Gasteiger charge is 2.18. The molecule has 1 aliphatic rings. The third-order valence-electron chi connectivity index (χ3n) is 2.20. The van der Waals surface area contributed by atoms with Crippen molar-refractivity contribution in [2.24, 2.45) is 0 Å². The van der Waals surface area contributed by atoms with Gasteiger partial charge in [-0.2, -0.15) is 0 Å². The number of nitrogens with zero attached hydrogens (tertiary/aromatic N) is 1. The molecule has 1 aromatic rings. The van der Waals surface area contributed by atoms with Gasteiger partial charge in [0.1, 0.15) is 0 Å². The van der Waals surface area contributed by atoms with Crippen molar-refractivity contribution < 1.29 is 9.53 Å². The molecule has 0 N–H and O–H groups in total. The average Bonchev–Trinajstić information content (AvgIpc) is 2.71. The number of rotatable bonds is 2. The molecule has 1 aromatic heterocycles. The summed E-state index contributed by atoms with van der Waals surface area (Å²) in [4.78, 5) is 14.5. The number of ether oxygens (including phenoxy) is 1. The lowest BCUT2D eigenvalue weighted by Crippen LogP contribution is -1.99. The molecule has 0 spiro atoms. The van der Waals surface area contributed by atoms with Crippen molar-refractivity contribution >= 4 is 6.29 Å². The van der Waals surface area contributed by atoms with E-state index in [0.29, 0.717) is 5.56 Å². The summed E-state index contributed by atoms with van der Waals surface area (Å²) < 4.78 is 5.46. The Labute approximate surface area is 76.7 Å². The Hall–Kier alpha value is -1.22. The minimum Gasteiger partial charge on any atom is -0.372 e. The van der Waals surface area contributed by atoms with Crippen LogP contribution in [0.5, 0.6) is 0 Å². The second-order valence-electron chi connectivity index (χ2n) is 3.14. The molecule has 1 saturated heterocycles. The van der Waals surface area contributed by atoms with E-state index >= 15 is 0 Å². The van der Waals surface area contributed by atoms with E-state index in [9.17, 15) is 4.79 Å². The third kappa shape index (κ3) is 1.75. The highest BCUT2D eigenvalue weighted by atomic mass is 16.5. The Morgan fingerprint density at radius 2 is 2.46 bits per heavy atom. The summed E-state index contributed by atoms with van der Waals surface area (Å²) in [5, 5.41) is 0. The van der Waals surface area contributed by atoms with E-state index in [1.54, 1.807) is 12.3 Å². The van der Waals surface area contributed by atoms with E-state index in [0.717, 1.165) is 31.4 Å². The summed E-state index contributed by atoms with van der Waals surface area (Å²) >= 11 is 0. The smallest absolute Gasteiger partial charge is 0.151 e. The van der Waals surface area contributed by atoms with Gasteiger partial charge in [-0.05, 0) is 25.0 Å². The van der Waals surface area contributed by atoms with Crippen LogP contribution in [-0.2, 0) is 4.74 Å². The lowest BCUT2D eigenvalue weighted by atomic mass is 10.1. The highest BCUT2D eigenvalue weighted by molar-refractivity contribution is 5.73. The van der Waals surface area contributed by atoms with Crippen molar-refractivity contribution in [3.8, 4) is 0 Å². The van der Waals surface area contributed by atoms with Gasteiger partial charge in [0, 0.05) is 18.4 Å². The summed E-state index contributed by atoms with van der Waals surface area (Å²) in [6.45, 7) is 0.821. The molecule has 0 aliphatic carbocycles. The van der Waals surface area contributed by atoms with Gasteiger partial charge >= 0.3 is 0 Å². The Kier molecular flexibility index (Phi) is 2.36. The molecular weight excluding hydrogens is 166 g/mol. The van der Waals surface area contributed by atoms with Gasteiger partial charge in [0.15, 0.2) is 6.29 Å². The molecule has 1 aliphatic heterocycles. The molecule has 0 aromatic carbocycles. The largest absolute Gasteiger partial charge is 0.372 e. The molecule has 0 amide bonds. The van der Waals surface area contributed by atoms with Gasteiger partial charge in [-0.15, -0.1) is 0 Å². The van der Waals surface area contributed by atoms with Crippen LogP contribution in [0.15, 0.2) is 18.3 Å². The van der Waals surface area contributed by atoms with E-state index in [4.69, 9.17) is 4.74 Å². The standard InChI is InChI=1S/C10H11NO2/c12-7-8-3-4-9(11-6-8)10-2-1-5-13-10/h3-4,6-7,10H,1-2,5H2. The van der Waals surface area contributed by atoms with Gasteiger partial charge in [0.2, 0.25) is 0 Å². The first-order chi connectivity index (χ1) is 6.40. The van der Waals surface area contributed by atoms with Gasteiger partial charge in [-0.1, -0.05) is 0 Å². The number of carbonyl (C=O) groups is 1. The van der Waals surface area contributed by atoms with Crippen molar-refractivity contribution in [2.75, 3.05) is 6.61 Å². The Balaban J connectivity index is 2.16. The van der Waals surface area contributed by atoms with E-state index in [1.165, 1.54) is 0 Å². The Morgan fingerprint density at radius 3 is 3.00 bits per heavy atom. The van der Waals surface area contributed by atoms with Crippen molar-refractivity contribution in [2.45, 2.75) is 18.9 Å². The second kappa shape index (κ2) is 3.66. The minimum absolute atomic E-state index is 0.140. The average molecular weight is 177 g/mol. The summed E-state index contributed by atoms with van der Waals surface area (Å²) in [5.41, 5.74) is 1.55. The number of carbonyl (C=O) groups excluding carboxylic acids is 1. The summed E-state index contributed by atoms with van der Waals surface area (Å²) in [7, 11) is 0. The summed E-state index contributed by atoms with van der Waals surface area (Å²) in [6, 6.07) is 3.64. The maximum absolute atomic E-state index is 10.4. The summed E-state index contributed by atoms with van der Waals surface area (Å²) in [6.07, 6.45) is 4.66. The van der Waals surface area contributed by atoms with Crippen LogP contribution in [0.1, 0.15) is 35.0 Å². The van der Waals surface area contributed by atoms with Gasteiger partial charge < -0.3 is 4.74 Å². The molecule has 3 heteroatoms. The number of pyridine rings is 1. The third-order valence-corrected chi connectivity index (χ3v) is 2.20. The SMILES string of the molecule is O=Cc1ccc(C2CCCO2)nc1. The molecule has 13 heavy (non-hydrogen) atoms. The molecule has 2 heterocycles. The fourth-order valence-corrected chi connectivity index (χ4v) is 1.49. The number of hydrogen-bond donors (Lipinski definition) is 0. The van der Waals surface area contributed by atoms with Crippen LogP contribution in [0.4, 0.5) is 0 Å². The van der Waals surface area contributed by atoms with Crippen molar-refractivity contribution in [3.63, 3.8) is 0 Å². The van der Waals surface area contributed by atoms with Crippen LogP contribution in [0.25, 0.3) is 0 Å². The van der Waals surface area contributed by atoms with Crippen LogP contribution < -0.4 is 0 Å². The summed E-state index contributed by atoms with van der Waals surface area (Å²) in [5.74, 6) is 0. The number of aldehydes is 1. The van der Waals surface area contributed by atoms with Gasteiger partial charge in [0.05, 0.1) is 11.8 Å². The van der Waals surface area contributed by atoms with Crippen molar-refractivity contribution in [1.29, 1.82) is 0 Å². The molecule has 1 fully saturated rings. The molecule has 0 bridgehead atoms. The van der Waals surface area contributed by atoms with Crippen molar-refractivity contribution in [1.82, 2.24) is 4.98 Å². The zero-order valence-corrected chi connectivity index (χ0v) is 7.27. The molecule has 3 nitrogen and oxygen atoms in total.